The van der Waals surface area contributed by atoms with Gasteiger partial charge in [0.15, 0.2) is 0 Å². The fraction of sp³-hybridized carbons (Fsp3) is 0.346. The maximum absolute atomic E-state index is 13.0. The molecule has 0 spiro atoms. The van der Waals surface area contributed by atoms with Crippen molar-refractivity contribution in [3.63, 3.8) is 0 Å². The summed E-state index contributed by atoms with van der Waals surface area (Å²) in [6.45, 7) is 6.30. The number of aryl methyl sites for hydroxylation is 1. The summed E-state index contributed by atoms with van der Waals surface area (Å²) >= 11 is 3.47. The van der Waals surface area contributed by atoms with Crippen LogP contribution >= 0.6 is 23.1 Å². The van der Waals surface area contributed by atoms with Crippen LogP contribution in [0, 0.1) is 0 Å². The van der Waals surface area contributed by atoms with Crippen molar-refractivity contribution in [2.75, 3.05) is 44.8 Å². The Kier molecular flexibility index (Phi) is 7.68. The lowest BCUT2D eigenvalue weighted by molar-refractivity contribution is 0.102. The summed E-state index contributed by atoms with van der Waals surface area (Å²) in [7, 11) is 2.19. The van der Waals surface area contributed by atoms with E-state index in [0.29, 0.717) is 5.56 Å². The van der Waals surface area contributed by atoms with Crippen LogP contribution in [0.1, 0.15) is 39.3 Å². The summed E-state index contributed by atoms with van der Waals surface area (Å²) in [6, 6.07) is 20.8. The first-order valence-corrected chi connectivity index (χ1v) is 13.2. The number of nitrogens with zero attached hydrogens (tertiary/aromatic N) is 2. The molecule has 1 atom stereocenters. The van der Waals surface area contributed by atoms with E-state index in [9.17, 15) is 4.79 Å². The smallest absolute Gasteiger partial charge is 0.256 e. The van der Waals surface area contributed by atoms with Crippen molar-refractivity contribution < 1.29 is 4.79 Å². The van der Waals surface area contributed by atoms with Gasteiger partial charge >= 0.3 is 0 Å². The number of carbonyl (C=O) groups is 1. The number of thioether (sulfide) groups is 1. The zero-order valence-corrected chi connectivity index (χ0v) is 20.6. The Morgan fingerprint density at radius 3 is 2.38 bits per heavy atom. The molecule has 3 aromatic rings. The van der Waals surface area contributed by atoms with E-state index in [0.717, 1.165) is 37.6 Å². The van der Waals surface area contributed by atoms with Crippen LogP contribution in [0.25, 0.3) is 0 Å². The van der Waals surface area contributed by atoms with Crippen LogP contribution in [0.15, 0.2) is 65.6 Å². The van der Waals surface area contributed by atoms with Crippen molar-refractivity contribution in [1.82, 2.24) is 9.80 Å². The molecule has 0 bridgehead atoms. The highest BCUT2D eigenvalue weighted by atomic mass is 32.2. The second-order valence-electron chi connectivity index (χ2n) is 8.19. The van der Waals surface area contributed by atoms with Crippen LogP contribution in [0.3, 0.4) is 0 Å². The van der Waals surface area contributed by atoms with Crippen molar-refractivity contribution in [2.24, 2.45) is 0 Å². The van der Waals surface area contributed by atoms with E-state index in [1.165, 1.54) is 20.9 Å². The summed E-state index contributed by atoms with van der Waals surface area (Å²) < 4.78 is 0. The quantitative estimate of drug-likeness (QED) is 0.459. The molecule has 0 unspecified atom stereocenters. The number of likely N-dealkylation sites (N-methyl/N-ethyl adjacent to an activating group) is 1. The molecule has 2 aromatic carbocycles. The molecule has 6 heteroatoms. The zero-order chi connectivity index (χ0) is 22.5. The van der Waals surface area contributed by atoms with Crippen LogP contribution in [0.4, 0.5) is 5.00 Å². The van der Waals surface area contributed by atoms with Gasteiger partial charge in [0.25, 0.3) is 5.91 Å². The summed E-state index contributed by atoms with van der Waals surface area (Å²) in [4.78, 5) is 20.5. The van der Waals surface area contributed by atoms with Gasteiger partial charge in [-0.25, -0.2) is 0 Å². The molecular formula is C26H31N3OS2. The number of carbonyl (C=O) groups excluding carboxylic acids is 1. The number of anilines is 1. The molecule has 32 heavy (non-hydrogen) atoms. The van der Waals surface area contributed by atoms with Gasteiger partial charge in [-0.3, -0.25) is 9.69 Å². The van der Waals surface area contributed by atoms with Crippen molar-refractivity contribution in [1.29, 1.82) is 0 Å². The highest BCUT2D eigenvalue weighted by Crippen LogP contribution is 2.40. The molecule has 4 rings (SSSR count). The summed E-state index contributed by atoms with van der Waals surface area (Å²) in [6.07, 6.45) is 3.07. The molecule has 0 radical (unpaired) electrons. The minimum absolute atomic E-state index is 0.0498. The van der Waals surface area contributed by atoms with E-state index < -0.39 is 0 Å². The van der Waals surface area contributed by atoms with Crippen molar-refractivity contribution >= 4 is 34.0 Å². The molecule has 4 nitrogen and oxygen atoms in total. The summed E-state index contributed by atoms with van der Waals surface area (Å²) in [5.74, 6) is -0.0498. The Hall–Kier alpha value is -2.12. The third-order valence-electron chi connectivity index (χ3n) is 6.05. The lowest BCUT2D eigenvalue weighted by atomic mass is 9.97. The molecule has 1 amide bonds. The molecule has 168 valence electrons. The number of hydrogen-bond acceptors (Lipinski definition) is 5. The van der Waals surface area contributed by atoms with Gasteiger partial charge < -0.3 is 10.2 Å². The molecule has 0 saturated carbocycles. The van der Waals surface area contributed by atoms with E-state index >= 15 is 0 Å². The first-order chi connectivity index (χ1) is 15.6. The van der Waals surface area contributed by atoms with Crippen molar-refractivity contribution in [3.05, 3.63) is 82.2 Å². The van der Waals surface area contributed by atoms with Crippen LogP contribution in [-0.4, -0.2) is 55.2 Å². The molecule has 1 aliphatic heterocycles. The minimum Gasteiger partial charge on any atom is -0.313 e. The number of thiophene rings is 1. The van der Waals surface area contributed by atoms with E-state index in [1.54, 1.807) is 23.1 Å². The maximum atomic E-state index is 13.0. The SMILES string of the molecule is CCc1cc([C@@H](c2ccc(SC)cc2)N2CCN(C)CC2)c(NC(=O)c2ccccc2)s1. The fourth-order valence-electron chi connectivity index (χ4n) is 4.15. The van der Waals surface area contributed by atoms with E-state index in [1.807, 2.05) is 30.3 Å². The van der Waals surface area contributed by atoms with Crippen molar-refractivity contribution in [3.8, 4) is 0 Å². The topological polar surface area (TPSA) is 35.6 Å². The Bertz CT molecular complexity index is 1020. The van der Waals surface area contributed by atoms with Crippen LogP contribution in [-0.2, 0) is 6.42 Å². The van der Waals surface area contributed by atoms with Gasteiger partial charge in [-0.15, -0.1) is 23.1 Å². The molecule has 1 aliphatic rings. The molecule has 1 fully saturated rings. The Morgan fingerprint density at radius 1 is 1.06 bits per heavy atom. The Balaban J connectivity index is 1.72. The maximum Gasteiger partial charge on any atom is 0.256 e. The molecule has 2 heterocycles. The minimum atomic E-state index is -0.0498. The van der Waals surface area contributed by atoms with Gasteiger partial charge in [-0.1, -0.05) is 37.3 Å². The number of piperazine rings is 1. The number of hydrogen-bond donors (Lipinski definition) is 1. The van der Waals surface area contributed by atoms with Gasteiger partial charge in [0.05, 0.1) is 6.04 Å². The van der Waals surface area contributed by atoms with E-state index in [4.69, 9.17) is 0 Å². The van der Waals surface area contributed by atoms with Gasteiger partial charge in [0.1, 0.15) is 5.00 Å². The molecule has 1 aromatic heterocycles. The highest BCUT2D eigenvalue weighted by molar-refractivity contribution is 7.98. The van der Waals surface area contributed by atoms with E-state index in [2.05, 4.69) is 65.7 Å². The number of rotatable bonds is 7. The lowest BCUT2D eigenvalue weighted by Crippen LogP contribution is -2.46. The third kappa shape index (κ3) is 5.26. The predicted octanol–water partition coefficient (Wildman–Crippen LogP) is 5.62. The number of nitrogens with one attached hydrogen (secondary N) is 1. The average molecular weight is 466 g/mol. The Morgan fingerprint density at radius 2 is 1.75 bits per heavy atom. The van der Waals surface area contributed by atoms with Gasteiger partial charge in [-0.05, 0) is 55.6 Å². The molecular weight excluding hydrogens is 434 g/mol. The molecule has 1 saturated heterocycles. The molecule has 0 aliphatic carbocycles. The second kappa shape index (κ2) is 10.7. The van der Waals surface area contributed by atoms with Gasteiger partial charge in [0.2, 0.25) is 0 Å². The summed E-state index contributed by atoms with van der Waals surface area (Å²) in [5.41, 5.74) is 3.17. The fourth-order valence-corrected chi connectivity index (χ4v) is 5.58. The number of amides is 1. The zero-order valence-electron chi connectivity index (χ0n) is 19.0. The third-order valence-corrected chi connectivity index (χ3v) is 8.01. The van der Waals surface area contributed by atoms with Crippen LogP contribution in [0.5, 0.6) is 0 Å². The standard InChI is InChI=1S/C26H31N3OS2/c1-4-21-18-23(26(32-21)27-25(30)20-8-6-5-7-9-20)24(29-16-14-28(2)15-17-29)19-10-12-22(31-3)13-11-19/h5-13,18,24H,4,14-17H2,1-3H3,(H,27,30)/t24-/m1/s1. The van der Waals surface area contributed by atoms with E-state index in [-0.39, 0.29) is 11.9 Å². The van der Waals surface area contributed by atoms with Gasteiger partial charge in [-0.2, -0.15) is 0 Å². The second-order valence-corrected chi connectivity index (χ2v) is 10.2. The number of benzene rings is 2. The first kappa shape index (κ1) is 23.1. The van der Waals surface area contributed by atoms with Crippen LogP contribution in [0.2, 0.25) is 0 Å². The van der Waals surface area contributed by atoms with Gasteiger partial charge in [0, 0.05) is 47.1 Å². The normalized spacial score (nSPS) is 16.1. The average Bonchev–Trinajstić information content (AvgIpc) is 3.23. The highest BCUT2D eigenvalue weighted by Gasteiger charge is 2.29. The molecule has 1 N–H and O–H groups in total. The predicted molar refractivity (Wildman–Crippen MR) is 137 cm³/mol. The van der Waals surface area contributed by atoms with Crippen LogP contribution < -0.4 is 5.32 Å². The van der Waals surface area contributed by atoms with Crippen molar-refractivity contribution in [2.45, 2.75) is 24.3 Å². The first-order valence-electron chi connectivity index (χ1n) is 11.1. The largest absolute Gasteiger partial charge is 0.313 e. The summed E-state index contributed by atoms with van der Waals surface area (Å²) in [5, 5.41) is 4.21. The monoisotopic (exact) mass is 465 g/mol. The lowest BCUT2D eigenvalue weighted by Gasteiger charge is -2.38. The Labute approximate surface area is 199 Å².